The van der Waals surface area contributed by atoms with Crippen LogP contribution in [0.15, 0.2) is 53.6 Å². The molecule has 0 bridgehead atoms. The van der Waals surface area contributed by atoms with Crippen LogP contribution in [0.5, 0.6) is 0 Å². The largest absolute Gasteiger partial charge is 0.462 e. The van der Waals surface area contributed by atoms with Crippen molar-refractivity contribution in [3.05, 3.63) is 65.2 Å². The number of hydrogen-bond acceptors (Lipinski definition) is 5. The summed E-state index contributed by atoms with van der Waals surface area (Å²) in [5.41, 5.74) is 4.19. The Kier molecular flexibility index (Phi) is 6.31. The average Bonchev–Trinajstić information content (AvgIpc) is 2.68. The molecule has 1 heterocycles. The Hall–Kier alpha value is -2.86. The molecule has 1 N–H and O–H groups in total. The van der Waals surface area contributed by atoms with Gasteiger partial charge in [-0.15, -0.1) is 0 Å². The highest BCUT2D eigenvalue weighted by atomic mass is 32.2. The predicted molar refractivity (Wildman–Crippen MR) is 113 cm³/mol. The Morgan fingerprint density at radius 2 is 1.86 bits per heavy atom. The number of ether oxygens (including phenoxy) is 1. The number of esters is 1. The summed E-state index contributed by atoms with van der Waals surface area (Å²) < 4.78 is 4.99. The highest BCUT2D eigenvalue weighted by Gasteiger charge is 2.10. The lowest BCUT2D eigenvalue weighted by molar-refractivity contribution is -0.113. The number of nitrogens with one attached hydrogen (secondary N) is 1. The van der Waals surface area contributed by atoms with Gasteiger partial charge in [0.1, 0.15) is 0 Å². The van der Waals surface area contributed by atoms with Crippen LogP contribution in [-0.2, 0) is 9.53 Å². The molecule has 0 aliphatic rings. The fourth-order valence-electron chi connectivity index (χ4n) is 2.88. The minimum absolute atomic E-state index is 0.157. The molecule has 0 unspecified atom stereocenters. The van der Waals surface area contributed by atoms with Crippen LogP contribution < -0.4 is 5.32 Å². The van der Waals surface area contributed by atoms with Gasteiger partial charge < -0.3 is 10.1 Å². The Balaban J connectivity index is 1.66. The standard InChI is InChI=1S/C22H22N2O3S/c1-4-27-22(26)16-8-6-9-17(12-16)23-19(25)13-28-20-11-15(3)18-10-5-7-14(2)21(18)24-20/h5-12H,4,13H2,1-3H3,(H,23,25). The lowest BCUT2D eigenvalue weighted by Crippen LogP contribution is -2.15. The van der Waals surface area contributed by atoms with Crippen molar-refractivity contribution < 1.29 is 14.3 Å². The van der Waals surface area contributed by atoms with E-state index in [4.69, 9.17) is 9.72 Å². The third-order valence-electron chi connectivity index (χ3n) is 4.23. The van der Waals surface area contributed by atoms with Crippen LogP contribution in [0.25, 0.3) is 10.9 Å². The SMILES string of the molecule is CCOC(=O)c1cccc(NC(=O)CSc2cc(C)c3cccc(C)c3n2)c1. The van der Waals surface area contributed by atoms with Crippen LogP contribution in [-0.4, -0.2) is 29.2 Å². The van der Waals surface area contributed by atoms with Crippen LogP contribution in [0, 0.1) is 13.8 Å². The van der Waals surface area contributed by atoms with Gasteiger partial charge in [0.25, 0.3) is 0 Å². The summed E-state index contributed by atoms with van der Waals surface area (Å²) in [6.45, 7) is 6.15. The summed E-state index contributed by atoms with van der Waals surface area (Å²) >= 11 is 1.39. The van der Waals surface area contributed by atoms with Crippen molar-refractivity contribution in [2.24, 2.45) is 0 Å². The number of para-hydroxylation sites is 1. The van der Waals surface area contributed by atoms with Crippen molar-refractivity contribution in [3.63, 3.8) is 0 Å². The number of anilines is 1. The number of carbonyl (C=O) groups excluding carboxylic acids is 2. The number of carbonyl (C=O) groups is 2. The molecule has 1 amide bonds. The second kappa shape index (κ2) is 8.89. The van der Waals surface area contributed by atoms with Crippen molar-refractivity contribution >= 4 is 40.2 Å². The molecule has 0 fully saturated rings. The van der Waals surface area contributed by atoms with Gasteiger partial charge in [-0.3, -0.25) is 4.79 Å². The van der Waals surface area contributed by atoms with Crippen LogP contribution >= 0.6 is 11.8 Å². The molecule has 144 valence electrons. The van der Waals surface area contributed by atoms with Gasteiger partial charge in [-0.1, -0.05) is 36.0 Å². The van der Waals surface area contributed by atoms with Gasteiger partial charge in [-0.05, 0) is 56.2 Å². The lowest BCUT2D eigenvalue weighted by Gasteiger charge is -2.09. The molecule has 0 saturated carbocycles. The Labute approximate surface area is 168 Å². The fourth-order valence-corrected chi connectivity index (χ4v) is 3.65. The quantitative estimate of drug-likeness (QED) is 0.482. The Morgan fingerprint density at radius 3 is 2.64 bits per heavy atom. The lowest BCUT2D eigenvalue weighted by atomic mass is 10.1. The maximum atomic E-state index is 12.3. The van der Waals surface area contributed by atoms with Crippen molar-refractivity contribution in [2.75, 3.05) is 17.7 Å². The monoisotopic (exact) mass is 394 g/mol. The van der Waals surface area contributed by atoms with Gasteiger partial charge >= 0.3 is 5.97 Å². The maximum Gasteiger partial charge on any atom is 0.338 e. The minimum atomic E-state index is -0.404. The average molecular weight is 394 g/mol. The molecule has 5 nitrogen and oxygen atoms in total. The number of pyridine rings is 1. The number of fused-ring (bicyclic) bond motifs is 1. The first-order valence-corrected chi connectivity index (χ1v) is 10.0. The van der Waals surface area contributed by atoms with E-state index in [0.29, 0.717) is 17.9 Å². The van der Waals surface area contributed by atoms with Gasteiger partial charge in [0.15, 0.2) is 0 Å². The normalized spacial score (nSPS) is 10.7. The van der Waals surface area contributed by atoms with E-state index in [1.165, 1.54) is 11.8 Å². The van der Waals surface area contributed by atoms with Gasteiger partial charge in [-0.2, -0.15) is 0 Å². The van der Waals surface area contributed by atoms with Crippen molar-refractivity contribution in [1.82, 2.24) is 4.98 Å². The number of thioether (sulfide) groups is 1. The molecule has 0 saturated heterocycles. The number of hydrogen-bond donors (Lipinski definition) is 1. The molecule has 2 aromatic carbocycles. The highest BCUT2D eigenvalue weighted by Crippen LogP contribution is 2.25. The Morgan fingerprint density at radius 1 is 1.07 bits per heavy atom. The molecule has 0 spiro atoms. The van der Waals surface area contributed by atoms with Gasteiger partial charge in [-0.25, -0.2) is 9.78 Å². The molecular formula is C22H22N2O3S. The molecule has 1 aromatic heterocycles. The van der Waals surface area contributed by atoms with Crippen LogP contribution in [0.2, 0.25) is 0 Å². The molecule has 3 rings (SSSR count). The molecule has 0 radical (unpaired) electrons. The van der Waals surface area contributed by atoms with E-state index >= 15 is 0 Å². The molecular weight excluding hydrogens is 372 g/mol. The van der Waals surface area contributed by atoms with Gasteiger partial charge in [0, 0.05) is 11.1 Å². The summed E-state index contributed by atoms with van der Waals surface area (Å²) in [6.07, 6.45) is 0. The second-order valence-electron chi connectivity index (χ2n) is 6.39. The molecule has 3 aromatic rings. The number of amides is 1. The highest BCUT2D eigenvalue weighted by molar-refractivity contribution is 7.99. The maximum absolute atomic E-state index is 12.3. The van der Waals surface area contributed by atoms with E-state index in [1.54, 1.807) is 31.2 Å². The van der Waals surface area contributed by atoms with Crippen molar-refractivity contribution in [2.45, 2.75) is 25.8 Å². The Bertz CT molecular complexity index is 1030. The van der Waals surface area contributed by atoms with Crippen LogP contribution in [0.3, 0.4) is 0 Å². The summed E-state index contributed by atoms with van der Waals surface area (Å²) in [5.74, 6) is -0.331. The molecule has 0 aliphatic heterocycles. The third kappa shape index (κ3) is 4.70. The zero-order valence-corrected chi connectivity index (χ0v) is 16.9. The summed E-state index contributed by atoms with van der Waals surface area (Å²) in [4.78, 5) is 28.8. The molecule has 0 atom stereocenters. The fraction of sp³-hybridized carbons (Fsp3) is 0.227. The zero-order valence-electron chi connectivity index (χ0n) is 16.1. The number of benzene rings is 2. The summed E-state index contributed by atoms with van der Waals surface area (Å²) in [6, 6.07) is 14.8. The first-order valence-electron chi connectivity index (χ1n) is 9.04. The minimum Gasteiger partial charge on any atom is -0.462 e. The molecule has 0 aliphatic carbocycles. The van der Waals surface area contributed by atoms with E-state index in [0.717, 1.165) is 27.1 Å². The van der Waals surface area contributed by atoms with E-state index in [9.17, 15) is 9.59 Å². The van der Waals surface area contributed by atoms with E-state index < -0.39 is 5.97 Å². The smallest absolute Gasteiger partial charge is 0.338 e. The zero-order chi connectivity index (χ0) is 20.1. The van der Waals surface area contributed by atoms with Gasteiger partial charge in [0.2, 0.25) is 5.91 Å². The number of aryl methyl sites for hydroxylation is 2. The molecule has 6 heteroatoms. The summed E-state index contributed by atoms with van der Waals surface area (Å²) in [7, 11) is 0. The van der Waals surface area contributed by atoms with E-state index in [-0.39, 0.29) is 11.7 Å². The number of rotatable bonds is 6. The number of nitrogens with zero attached hydrogens (tertiary/aromatic N) is 1. The predicted octanol–water partition coefficient (Wildman–Crippen LogP) is 4.76. The third-order valence-corrected chi connectivity index (χ3v) is 5.14. The topological polar surface area (TPSA) is 68.3 Å². The van der Waals surface area contributed by atoms with Crippen molar-refractivity contribution in [3.8, 4) is 0 Å². The summed E-state index contributed by atoms with van der Waals surface area (Å²) in [5, 5.41) is 4.76. The second-order valence-corrected chi connectivity index (χ2v) is 7.38. The van der Waals surface area contributed by atoms with E-state index in [1.807, 2.05) is 25.1 Å². The van der Waals surface area contributed by atoms with Crippen LogP contribution in [0.1, 0.15) is 28.4 Å². The van der Waals surface area contributed by atoms with Gasteiger partial charge in [0.05, 0.1) is 28.5 Å². The molecule has 28 heavy (non-hydrogen) atoms. The van der Waals surface area contributed by atoms with Crippen molar-refractivity contribution in [1.29, 1.82) is 0 Å². The first kappa shape index (κ1) is 19.9. The first-order chi connectivity index (χ1) is 13.5. The van der Waals surface area contributed by atoms with E-state index in [2.05, 4.69) is 18.3 Å². The number of aromatic nitrogens is 1. The van der Waals surface area contributed by atoms with Crippen LogP contribution in [0.4, 0.5) is 5.69 Å².